The number of allylic oxidation sites excluding steroid dienone is 4. The van der Waals surface area contributed by atoms with Crippen molar-refractivity contribution < 1.29 is 19.1 Å². The summed E-state index contributed by atoms with van der Waals surface area (Å²) < 4.78 is 10.4. The van der Waals surface area contributed by atoms with Gasteiger partial charge in [0, 0.05) is 0 Å². The molecule has 1 saturated carbocycles. The average molecular weight is 290 g/mol. The predicted molar refractivity (Wildman–Crippen MR) is 77.2 cm³/mol. The van der Waals surface area contributed by atoms with Crippen molar-refractivity contribution >= 4 is 11.9 Å². The van der Waals surface area contributed by atoms with Crippen LogP contribution in [0.25, 0.3) is 0 Å². The molecule has 0 aromatic heterocycles. The van der Waals surface area contributed by atoms with E-state index in [1.54, 1.807) is 0 Å². The first-order valence-corrected chi connectivity index (χ1v) is 7.90. The lowest BCUT2D eigenvalue weighted by molar-refractivity contribution is -0.158. The average Bonchev–Trinajstić information content (AvgIpc) is 3.15. The lowest BCUT2D eigenvalue weighted by atomic mass is 9.94. The van der Waals surface area contributed by atoms with Crippen LogP contribution in [0.5, 0.6) is 0 Å². The molecule has 0 aliphatic heterocycles. The van der Waals surface area contributed by atoms with E-state index in [1.165, 1.54) is 0 Å². The van der Waals surface area contributed by atoms with Gasteiger partial charge in [0.1, 0.15) is 13.2 Å². The normalized spacial score (nSPS) is 33.1. The Labute approximate surface area is 125 Å². The minimum atomic E-state index is -0.168. The molecule has 0 amide bonds. The van der Waals surface area contributed by atoms with E-state index in [-0.39, 0.29) is 37.0 Å². The number of hydrogen-bond donors (Lipinski definition) is 0. The smallest absolute Gasteiger partial charge is 0.309 e. The van der Waals surface area contributed by atoms with Crippen LogP contribution in [0.1, 0.15) is 32.1 Å². The highest BCUT2D eigenvalue weighted by molar-refractivity contribution is 5.74. The van der Waals surface area contributed by atoms with E-state index in [0.717, 1.165) is 32.1 Å². The molecule has 3 aliphatic carbocycles. The molecule has 4 heteroatoms. The molecule has 0 radical (unpaired) electrons. The van der Waals surface area contributed by atoms with Gasteiger partial charge >= 0.3 is 11.9 Å². The molecule has 0 heterocycles. The highest BCUT2D eigenvalue weighted by Crippen LogP contribution is 2.43. The molecule has 3 aliphatic rings. The van der Waals surface area contributed by atoms with Gasteiger partial charge < -0.3 is 9.47 Å². The maximum Gasteiger partial charge on any atom is 0.309 e. The fourth-order valence-electron chi connectivity index (χ4n) is 3.57. The maximum absolute atomic E-state index is 12.0. The Kier molecular flexibility index (Phi) is 4.42. The third-order valence-electron chi connectivity index (χ3n) is 4.76. The Morgan fingerprint density at radius 2 is 1.81 bits per heavy atom. The van der Waals surface area contributed by atoms with Crippen molar-refractivity contribution in [3.8, 4) is 0 Å². The van der Waals surface area contributed by atoms with Crippen LogP contribution in [0.3, 0.4) is 0 Å². The van der Waals surface area contributed by atoms with Gasteiger partial charge in [0.25, 0.3) is 0 Å². The van der Waals surface area contributed by atoms with Crippen LogP contribution in [0.4, 0.5) is 0 Å². The van der Waals surface area contributed by atoms with Gasteiger partial charge in [0.2, 0.25) is 0 Å². The molecule has 114 valence electrons. The summed E-state index contributed by atoms with van der Waals surface area (Å²) in [6.45, 7) is 0.339. The minimum absolute atomic E-state index is 0.0131. The molecule has 21 heavy (non-hydrogen) atoms. The molecule has 0 N–H and O–H groups in total. The lowest BCUT2D eigenvalue weighted by Crippen LogP contribution is -2.25. The number of esters is 2. The number of carbonyl (C=O) groups is 2. The molecule has 0 aromatic carbocycles. The third-order valence-corrected chi connectivity index (χ3v) is 4.76. The summed E-state index contributed by atoms with van der Waals surface area (Å²) in [7, 11) is 0. The van der Waals surface area contributed by atoms with Crippen molar-refractivity contribution in [2.45, 2.75) is 32.1 Å². The van der Waals surface area contributed by atoms with Gasteiger partial charge in [-0.15, -0.1) is 0 Å². The van der Waals surface area contributed by atoms with Crippen molar-refractivity contribution in [3.05, 3.63) is 24.3 Å². The largest absolute Gasteiger partial charge is 0.462 e. The second kappa shape index (κ2) is 6.46. The van der Waals surface area contributed by atoms with Gasteiger partial charge in [-0.1, -0.05) is 24.3 Å². The van der Waals surface area contributed by atoms with E-state index in [0.29, 0.717) is 11.8 Å². The van der Waals surface area contributed by atoms with Gasteiger partial charge in [-0.3, -0.25) is 9.59 Å². The Morgan fingerprint density at radius 3 is 2.43 bits per heavy atom. The monoisotopic (exact) mass is 290 g/mol. The summed E-state index contributed by atoms with van der Waals surface area (Å²) in [4.78, 5) is 23.8. The fourth-order valence-corrected chi connectivity index (χ4v) is 3.57. The van der Waals surface area contributed by atoms with E-state index in [2.05, 4.69) is 18.2 Å². The van der Waals surface area contributed by atoms with Crippen LogP contribution in [0.2, 0.25) is 0 Å². The molecule has 0 aromatic rings. The van der Waals surface area contributed by atoms with E-state index >= 15 is 0 Å². The molecule has 4 nitrogen and oxygen atoms in total. The SMILES string of the molecule is O=C(OCCOC(=O)[C@@H]1C[C@H]2C=C[C@H]1C2)[C@H]1CC=CCC1. The van der Waals surface area contributed by atoms with E-state index in [4.69, 9.17) is 9.47 Å². The minimum Gasteiger partial charge on any atom is -0.462 e. The molecular formula is C17H22O4. The third kappa shape index (κ3) is 3.36. The summed E-state index contributed by atoms with van der Waals surface area (Å²) >= 11 is 0. The van der Waals surface area contributed by atoms with Crippen molar-refractivity contribution in [1.29, 1.82) is 0 Å². The Hall–Kier alpha value is -1.58. The summed E-state index contributed by atoms with van der Waals surface area (Å²) in [5.41, 5.74) is 0. The standard InChI is InChI=1S/C17H22O4/c18-16(13-4-2-1-3-5-13)20-8-9-21-17(19)15-11-12-6-7-14(15)10-12/h1-2,6-7,12-15H,3-5,8-11H2/t12-,13-,14-,15+/m0/s1. The van der Waals surface area contributed by atoms with Gasteiger partial charge in [-0.25, -0.2) is 0 Å². The first-order valence-electron chi connectivity index (χ1n) is 7.90. The zero-order valence-electron chi connectivity index (χ0n) is 12.2. The van der Waals surface area contributed by atoms with Crippen LogP contribution in [-0.2, 0) is 19.1 Å². The van der Waals surface area contributed by atoms with Crippen molar-refractivity contribution in [1.82, 2.24) is 0 Å². The fraction of sp³-hybridized carbons (Fsp3) is 0.647. The quantitative estimate of drug-likeness (QED) is 0.444. The first kappa shape index (κ1) is 14.4. The van der Waals surface area contributed by atoms with Gasteiger partial charge in [0.15, 0.2) is 0 Å². The summed E-state index contributed by atoms with van der Waals surface area (Å²) in [5, 5.41) is 0. The van der Waals surface area contributed by atoms with Crippen LogP contribution in [0, 0.1) is 23.7 Å². The van der Waals surface area contributed by atoms with E-state index < -0.39 is 0 Å². The van der Waals surface area contributed by atoms with Gasteiger partial charge in [-0.2, -0.15) is 0 Å². The Morgan fingerprint density at radius 1 is 1.00 bits per heavy atom. The van der Waals surface area contributed by atoms with Crippen molar-refractivity contribution in [2.75, 3.05) is 13.2 Å². The highest BCUT2D eigenvalue weighted by atomic mass is 16.6. The number of hydrogen-bond acceptors (Lipinski definition) is 4. The summed E-state index contributed by atoms with van der Waals surface area (Å²) in [6, 6.07) is 0. The number of carbonyl (C=O) groups excluding carboxylic acids is 2. The van der Waals surface area contributed by atoms with Crippen molar-refractivity contribution in [2.24, 2.45) is 23.7 Å². The topological polar surface area (TPSA) is 52.6 Å². The molecule has 0 saturated heterocycles. The lowest BCUT2D eigenvalue weighted by Gasteiger charge is -2.18. The van der Waals surface area contributed by atoms with Crippen molar-refractivity contribution in [3.63, 3.8) is 0 Å². The molecule has 0 unspecified atom stereocenters. The van der Waals surface area contributed by atoms with Gasteiger partial charge in [-0.05, 0) is 43.9 Å². The summed E-state index contributed by atoms with van der Waals surface area (Å²) in [5.74, 6) is 0.603. The number of rotatable bonds is 5. The second-order valence-corrected chi connectivity index (χ2v) is 6.20. The van der Waals surface area contributed by atoms with Crippen LogP contribution in [0.15, 0.2) is 24.3 Å². The number of ether oxygens (including phenoxy) is 2. The Bertz CT molecular complexity index is 465. The predicted octanol–water partition coefficient (Wildman–Crippen LogP) is 2.64. The van der Waals surface area contributed by atoms with E-state index in [9.17, 15) is 9.59 Å². The Balaban J connectivity index is 1.33. The summed E-state index contributed by atoms with van der Waals surface area (Å²) in [6.07, 6.45) is 13.0. The molecule has 0 spiro atoms. The molecular weight excluding hydrogens is 268 g/mol. The molecule has 1 fully saturated rings. The van der Waals surface area contributed by atoms with Gasteiger partial charge in [0.05, 0.1) is 11.8 Å². The zero-order valence-corrected chi connectivity index (χ0v) is 12.2. The second-order valence-electron chi connectivity index (χ2n) is 6.20. The molecule has 3 rings (SSSR count). The maximum atomic E-state index is 12.0. The first-order chi connectivity index (χ1) is 10.2. The number of fused-ring (bicyclic) bond motifs is 2. The molecule has 4 atom stereocenters. The zero-order chi connectivity index (χ0) is 14.7. The van der Waals surface area contributed by atoms with Crippen LogP contribution < -0.4 is 0 Å². The molecule has 2 bridgehead atoms. The van der Waals surface area contributed by atoms with Crippen LogP contribution in [-0.4, -0.2) is 25.2 Å². The van der Waals surface area contributed by atoms with Crippen LogP contribution >= 0.6 is 0 Å². The highest BCUT2D eigenvalue weighted by Gasteiger charge is 2.40. The van der Waals surface area contributed by atoms with E-state index in [1.807, 2.05) is 6.08 Å².